The van der Waals surface area contributed by atoms with Gasteiger partial charge >= 0.3 is 12.1 Å². The number of phenols is 2. The molecule has 4 N–H and O–H groups in total. The van der Waals surface area contributed by atoms with Gasteiger partial charge < -0.3 is 35.2 Å². The second-order valence-corrected chi connectivity index (χ2v) is 11.8. The Morgan fingerprint density at radius 3 is 2.12 bits per heavy atom. The van der Waals surface area contributed by atoms with E-state index in [1.165, 1.54) is 29.2 Å². The predicted octanol–water partition coefficient (Wildman–Crippen LogP) is 3.97. The standard InChI is InChI=1S/C31H43N3O8/c1-8-41-25(37)16-17-32-27(38)26(21-10-9-11-23(36)19-21)34(30(2,3)4)28(39)24(33-29(40)42-31(5,6)7)18-20-12-14-22(35)15-13-20/h9-15,19,24,26,35-36H,8,16-18H2,1-7H3,(H,32,38)(H,33,40). The van der Waals surface area contributed by atoms with Crippen molar-refractivity contribution in [3.05, 3.63) is 59.7 Å². The summed E-state index contributed by atoms with van der Waals surface area (Å²) in [5.74, 6) is -1.72. The van der Waals surface area contributed by atoms with Gasteiger partial charge in [-0.05, 0) is 83.9 Å². The summed E-state index contributed by atoms with van der Waals surface area (Å²) in [4.78, 5) is 54.2. The summed E-state index contributed by atoms with van der Waals surface area (Å²) < 4.78 is 10.4. The van der Waals surface area contributed by atoms with Gasteiger partial charge in [-0.25, -0.2) is 4.79 Å². The molecule has 2 atom stereocenters. The van der Waals surface area contributed by atoms with E-state index in [2.05, 4.69) is 10.6 Å². The van der Waals surface area contributed by atoms with E-state index in [1.807, 2.05) is 0 Å². The number of rotatable bonds is 11. The zero-order valence-electron chi connectivity index (χ0n) is 25.4. The van der Waals surface area contributed by atoms with Gasteiger partial charge in [0.05, 0.1) is 13.0 Å². The number of carbonyl (C=O) groups is 4. The van der Waals surface area contributed by atoms with E-state index in [9.17, 15) is 29.4 Å². The molecule has 0 aliphatic carbocycles. The van der Waals surface area contributed by atoms with Gasteiger partial charge in [-0.2, -0.15) is 0 Å². The summed E-state index contributed by atoms with van der Waals surface area (Å²) in [5.41, 5.74) is -0.825. The Balaban J connectivity index is 2.55. The van der Waals surface area contributed by atoms with Crippen LogP contribution in [-0.2, 0) is 30.3 Å². The number of carbonyl (C=O) groups excluding carboxylic acids is 4. The third kappa shape index (κ3) is 10.6. The normalized spacial score (nSPS) is 12.9. The number of phenolic OH excluding ortho intramolecular Hbond substituents is 2. The molecule has 11 nitrogen and oxygen atoms in total. The Morgan fingerprint density at radius 2 is 1.57 bits per heavy atom. The van der Waals surface area contributed by atoms with Gasteiger partial charge in [0.15, 0.2) is 0 Å². The van der Waals surface area contributed by atoms with Crippen molar-refractivity contribution in [2.75, 3.05) is 13.2 Å². The van der Waals surface area contributed by atoms with Crippen LogP contribution in [0.4, 0.5) is 4.79 Å². The van der Waals surface area contributed by atoms with Gasteiger partial charge in [0.2, 0.25) is 11.8 Å². The highest BCUT2D eigenvalue weighted by molar-refractivity contribution is 5.93. The van der Waals surface area contributed by atoms with E-state index in [4.69, 9.17) is 9.47 Å². The molecule has 3 amide bonds. The van der Waals surface area contributed by atoms with Crippen molar-refractivity contribution in [3.8, 4) is 11.5 Å². The van der Waals surface area contributed by atoms with Crippen LogP contribution >= 0.6 is 0 Å². The summed E-state index contributed by atoms with van der Waals surface area (Å²) in [6.07, 6.45) is -0.858. The van der Waals surface area contributed by atoms with Gasteiger partial charge in [-0.15, -0.1) is 0 Å². The molecule has 2 rings (SSSR count). The van der Waals surface area contributed by atoms with Crippen LogP contribution in [0.25, 0.3) is 0 Å². The molecule has 2 aromatic rings. The molecule has 0 aromatic heterocycles. The van der Waals surface area contributed by atoms with E-state index in [0.717, 1.165) is 0 Å². The number of aromatic hydroxyl groups is 2. The van der Waals surface area contributed by atoms with Crippen LogP contribution < -0.4 is 10.6 Å². The Labute approximate surface area is 247 Å². The minimum atomic E-state index is -1.24. The second-order valence-electron chi connectivity index (χ2n) is 11.8. The number of benzene rings is 2. The monoisotopic (exact) mass is 585 g/mol. The molecule has 2 unspecified atom stereocenters. The van der Waals surface area contributed by atoms with Gasteiger partial charge in [-0.3, -0.25) is 14.4 Å². The minimum Gasteiger partial charge on any atom is -0.508 e. The predicted molar refractivity (Wildman–Crippen MR) is 157 cm³/mol. The Hall–Kier alpha value is -4.28. The molecule has 2 aromatic carbocycles. The van der Waals surface area contributed by atoms with Crippen LogP contribution in [0.3, 0.4) is 0 Å². The quantitative estimate of drug-likeness (QED) is 0.289. The number of nitrogens with one attached hydrogen (secondary N) is 2. The van der Waals surface area contributed by atoms with E-state index in [0.29, 0.717) is 11.1 Å². The molecule has 0 spiro atoms. The molecule has 230 valence electrons. The van der Waals surface area contributed by atoms with Crippen LogP contribution in [0.5, 0.6) is 11.5 Å². The molecule has 0 saturated heterocycles. The molecular formula is C31H43N3O8. The van der Waals surface area contributed by atoms with Crippen molar-refractivity contribution >= 4 is 23.9 Å². The lowest BCUT2D eigenvalue weighted by atomic mass is 9.94. The molecule has 42 heavy (non-hydrogen) atoms. The summed E-state index contributed by atoms with van der Waals surface area (Å²) in [6, 6.07) is 9.78. The highest BCUT2D eigenvalue weighted by atomic mass is 16.6. The maximum atomic E-state index is 14.4. The average Bonchev–Trinajstić information content (AvgIpc) is 2.86. The zero-order valence-corrected chi connectivity index (χ0v) is 25.4. The largest absolute Gasteiger partial charge is 0.508 e. The number of esters is 1. The smallest absolute Gasteiger partial charge is 0.408 e. The lowest BCUT2D eigenvalue weighted by Crippen LogP contribution is -2.59. The Bertz CT molecular complexity index is 1230. The van der Waals surface area contributed by atoms with Crippen molar-refractivity contribution < 1.29 is 38.9 Å². The SMILES string of the molecule is CCOC(=O)CCNC(=O)C(c1cccc(O)c1)N(C(=O)C(Cc1ccc(O)cc1)NC(=O)OC(C)(C)C)C(C)(C)C. The number of hydrogen-bond acceptors (Lipinski definition) is 8. The summed E-state index contributed by atoms with van der Waals surface area (Å²) in [6.45, 7) is 12.2. The van der Waals surface area contributed by atoms with E-state index in [-0.39, 0.29) is 37.5 Å². The van der Waals surface area contributed by atoms with E-state index < -0.39 is 47.1 Å². The van der Waals surface area contributed by atoms with E-state index in [1.54, 1.807) is 72.7 Å². The van der Waals surface area contributed by atoms with E-state index >= 15 is 0 Å². The molecule has 0 heterocycles. The topological polar surface area (TPSA) is 154 Å². The maximum absolute atomic E-state index is 14.4. The van der Waals surface area contributed by atoms with Crippen molar-refractivity contribution in [1.82, 2.24) is 15.5 Å². The average molecular weight is 586 g/mol. The fourth-order valence-electron chi connectivity index (χ4n) is 4.26. The number of alkyl carbamates (subject to hydrolysis) is 1. The fraction of sp³-hybridized carbons (Fsp3) is 0.484. The first-order valence-corrected chi connectivity index (χ1v) is 13.8. The second kappa shape index (κ2) is 14.6. The first-order chi connectivity index (χ1) is 19.5. The molecule has 0 saturated carbocycles. The fourth-order valence-corrected chi connectivity index (χ4v) is 4.26. The third-order valence-electron chi connectivity index (χ3n) is 5.95. The molecule has 0 aliphatic rings. The molecule has 0 bridgehead atoms. The third-order valence-corrected chi connectivity index (χ3v) is 5.95. The number of nitrogens with zero attached hydrogens (tertiary/aromatic N) is 1. The van der Waals surface area contributed by atoms with Crippen LogP contribution in [0.2, 0.25) is 0 Å². The van der Waals surface area contributed by atoms with Gasteiger partial charge in [0, 0.05) is 18.5 Å². The zero-order chi connectivity index (χ0) is 31.7. The minimum absolute atomic E-state index is 0.0299. The van der Waals surface area contributed by atoms with Crippen LogP contribution in [0.1, 0.15) is 72.1 Å². The number of ether oxygens (including phenoxy) is 2. The summed E-state index contributed by atoms with van der Waals surface area (Å²) in [7, 11) is 0. The van der Waals surface area contributed by atoms with Gasteiger partial charge in [-0.1, -0.05) is 24.3 Å². The van der Waals surface area contributed by atoms with Crippen LogP contribution in [0, 0.1) is 0 Å². The molecule has 0 fully saturated rings. The van der Waals surface area contributed by atoms with Crippen LogP contribution in [0.15, 0.2) is 48.5 Å². The molecule has 11 heteroatoms. The Kier molecular flexibility index (Phi) is 11.8. The summed E-state index contributed by atoms with van der Waals surface area (Å²) in [5, 5.41) is 25.3. The van der Waals surface area contributed by atoms with Crippen molar-refractivity contribution in [3.63, 3.8) is 0 Å². The van der Waals surface area contributed by atoms with Crippen LogP contribution in [-0.4, -0.2) is 69.3 Å². The van der Waals surface area contributed by atoms with Crippen molar-refractivity contribution in [1.29, 1.82) is 0 Å². The Morgan fingerprint density at radius 1 is 0.929 bits per heavy atom. The van der Waals surface area contributed by atoms with Gasteiger partial charge in [0.1, 0.15) is 29.2 Å². The number of hydrogen-bond donors (Lipinski definition) is 4. The number of amides is 3. The van der Waals surface area contributed by atoms with Crippen molar-refractivity contribution in [2.45, 2.75) is 84.5 Å². The van der Waals surface area contributed by atoms with Gasteiger partial charge in [0.25, 0.3) is 0 Å². The maximum Gasteiger partial charge on any atom is 0.408 e. The summed E-state index contributed by atoms with van der Waals surface area (Å²) >= 11 is 0. The molecule has 0 aliphatic heterocycles. The van der Waals surface area contributed by atoms with Crippen molar-refractivity contribution in [2.24, 2.45) is 0 Å². The first kappa shape index (κ1) is 33.9. The first-order valence-electron chi connectivity index (χ1n) is 13.8. The highest BCUT2D eigenvalue weighted by Crippen LogP contribution is 2.32. The molecule has 0 radical (unpaired) electrons. The highest BCUT2D eigenvalue weighted by Gasteiger charge is 2.42. The lowest BCUT2D eigenvalue weighted by molar-refractivity contribution is -0.149. The lowest BCUT2D eigenvalue weighted by Gasteiger charge is -2.43. The molecular weight excluding hydrogens is 542 g/mol.